The lowest BCUT2D eigenvalue weighted by atomic mass is 9.83. The molecular weight excluding hydrogens is 308 g/mol. The fourth-order valence-electron chi connectivity index (χ4n) is 3.72. The first-order chi connectivity index (χ1) is 11.7. The molecule has 0 aliphatic carbocycles. The number of aryl methyl sites for hydroxylation is 1. The Bertz CT molecular complexity index is 718. The molecule has 2 saturated heterocycles. The molecule has 4 heterocycles. The molecule has 0 aromatic carbocycles. The zero-order valence-electron chi connectivity index (χ0n) is 13.6. The predicted octanol–water partition coefficient (Wildman–Crippen LogP) is 0.623. The second kappa shape index (κ2) is 6.27. The fourth-order valence-corrected chi connectivity index (χ4v) is 3.72. The molecule has 0 radical (unpaired) electrons. The van der Waals surface area contributed by atoms with Gasteiger partial charge in [-0.25, -0.2) is 15.0 Å². The summed E-state index contributed by atoms with van der Waals surface area (Å²) in [6.45, 7) is 4.03. The van der Waals surface area contributed by atoms with Crippen LogP contribution in [0.5, 0.6) is 0 Å². The van der Waals surface area contributed by atoms with E-state index < -0.39 is 0 Å². The lowest BCUT2D eigenvalue weighted by molar-refractivity contribution is 0.0604. The van der Waals surface area contributed by atoms with Gasteiger partial charge in [-0.1, -0.05) is 0 Å². The number of nitrogens with one attached hydrogen (secondary N) is 1. The number of aromatic nitrogens is 5. The van der Waals surface area contributed by atoms with Gasteiger partial charge in [-0.2, -0.15) is 5.10 Å². The van der Waals surface area contributed by atoms with Gasteiger partial charge < -0.3 is 9.64 Å². The molecular formula is C16H20N6O2. The number of amides is 1. The molecule has 2 aliphatic rings. The second-order valence-corrected chi connectivity index (χ2v) is 6.47. The van der Waals surface area contributed by atoms with E-state index in [0.29, 0.717) is 24.1 Å². The Labute approximate surface area is 139 Å². The van der Waals surface area contributed by atoms with Crippen molar-refractivity contribution in [2.24, 2.45) is 11.8 Å². The average molecular weight is 328 g/mol. The molecule has 2 fully saturated rings. The molecule has 1 N–H and O–H groups in total. The highest BCUT2D eigenvalue weighted by Crippen LogP contribution is 2.35. The predicted molar refractivity (Wildman–Crippen MR) is 84.1 cm³/mol. The van der Waals surface area contributed by atoms with E-state index in [-0.39, 0.29) is 12.0 Å². The van der Waals surface area contributed by atoms with Crippen molar-refractivity contribution in [1.82, 2.24) is 30.0 Å². The van der Waals surface area contributed by atoms with Gasteiger partial charge in [0.1, 0.15) is 17.8 Å². The van der Waals surface area contributed by atoms with Gasteiger partial charge in [0, 0.05) is 31.6 Å². The Morgan fingerprint density at radius 3 is 3.17 bits per heavy atom. The molecule has 0 bridgehead atoms. The van der Waals surface area contributed by atoms with E-state index in [4.69, 9.17) is 4.74 Å². The van der Waals surface area contributed by atoms with Crippen molar-refractivity contribution in [3.8, 4) is 0 Å². The van der Waals surface area contributed by atoms with Crippen molar-refractivity contribution in [3.05, 3.63) is 35.9 Å². The number of carbonyl (C=O) groups excluding carboxylic acids is 1. The van der Waals surface area contributed by atoms with Gasteiger partial charge in [-0.3, -0.25) is 9.89 Å². The zero-order valence-corrected chi connectivity index (χ0v) is 13.6. The van der Waals surface area contributed by atoms with Crippen LogP contribution in [0.1, 0.15) is 28.6 Å². The topological polar surface area (TPSA) is 96.9 Å². The third-order valence-electron chi connectivity index (χ3n) is 4.91. The molecule has 3 atom stereocenters. The number of rotatable bonds is 3. The number of nitrogens with zero attached hydrogens (tertiary/aromatic N) is 5. The van der Waals surface area contributed by atoms with Crippen LogP contribution in [0.3, 0.4) is 0 Å². The van der Waals surface area contributed by atoms with Gasteiger partial charge in [0.05, 0.1) is 12.7 Å². The third kappa shape index (κ3) is 2.89. The van der Waals surface area contributed by atoms with Crippen LogP contribution in [0.2, 0.25) is 0 Å². The van der Waals surface area contributed by atoms with Crippen molar-refractivity contribution in [2.45, 2.75) is 25.9 Å². The molecule has 24 heavy (non-hydrogen) atoms. The lowest BCUT2D eigenvalue weighted by Crippen LogP contribution is -2.45. The summed E-state index contributed by atoms with van der Waals surface area (Å²) in [5, 5.41) is 7.08. The van der Waals surface area contributed by atoms with Gasteiger partial charge in [0.25, 0.3) is 5.91 Å². The van der Waals surface area contributed by atoms with E-state index in [1.54, 1.807) is 12.3 Å². The molecule has 126 valence electrons. The number of carbonyl (C=O) groups is 1. The maximum absolute atomic E-state index is 12.5. The minimum atomic E-state index is -0.0242. The number of ether oxygens (including phenoxy) is 1. The van der Waals surface area contributed by atoms with Crippen LogP contribution < -0.4 is 0 Å². The first kappa shape index (κ1) is 15.2. The second-order valence-electron chi connectivity index (χ2n) is 6.47. The highest BCUT2D eigenvalue weighted by molar-refractivity contribution is 5.92. The van der Waals surface area contributed by atoms with Crippen LogP contribution in [0.15, 0.2) is 18.6 Å². The molecule has 2 aromatic heterocycles. The summed E-state index contributed by atoms with van der Waals surface area (Å²) < 4.78 is 5.99. The Balaban J connectivity index is 1.40. The molecule has 0 spiro atoms. The van der Waals surface area contributed by atoms with Crippen LogP contribution in [0.25, 0.3) is 0 Å². The lowest BCUT2D eigenvalue weighted by Gasteiger charge is -2.35. The third-order valence-corrected chi connectivity index (χ3v) is 4.91. The number of aromatic amines is 1. The summed E-state index contributed by atoms with van der Waals surface area (Å²) in [6, 6.07) is 1.66. The largest absolute Gasteiger partial charge is 0.377 e. The van der Waals surface area contributed by atoms with E-state index in [2.05, 4.69) is 25.1 Å². The quantitative estimate of drug-likeness (QED) is 0.887. The van der Waals surface area contributed by atoms with Crippen molar-refractivity contribution in [3.63, 3.8) is 0 Å². The van der Waals surface area contributed by atoms with Crippen molar-refractivity contribution >= 4 is 5.91 Å². The molecule has 1 amide bonds. The van der Waals surface area contributed by atoms with Gasteiger partial charge in [0.2, 0.25) is 0 Å². The summed E-state index contributed by atoms with van der Waals surface area (Å²) in [7, 11) is 0. The van der Waals surface area contributed by atoms with E-state index in [0.717, 1.165) is 37.6 Å². The summed E-state index contributed by atoms with van der Waals surface area (Å²) in [5.74, 6) is 2.43. The summed E-state index contributed by atoms with van der Waals surface area (Å²) in [5.41, 5.74) is 0.454. The van der Waals surface area contributed by atoms with Crippen molar-refractivity contribution < 1.29 is 9.53 Å². The smallest absolute Gasteiger partial charge is 0.272 e. The van der Waals surface area contributed by atoms with Crippen LogP contribution in [0, 0.1) is 18.8 Å². The van der Waals surface area contributed by atoms with Crippen molar-refractivity contribution in [1.29, 1.82) is 0 Å². The van der Waals surface area contributed by atoms with Gasteiger partial charge in [-0.05, 0) is 25.3 Å². The highest BCUT2D eigenvalue weighted by Gasteiger charge is 2.42. The molecule has 2 aliphatic heterocycles. The van der Waals surface area contributed by atoms with E-state index in [9.17, 15) is 4.79 Å². The Morgan fingerprint density at radius 1 is 1.50 bits per heavy atom. The first-order valence-corrected chi connectivity index (χ1v) is 8.25. The number of piperidine rings is 1. The van der Waals surface area contributed by atoms with E-state index in [1.165, 1.54) is 6.33 Å². The number of likely N-dealkylation sites (tertiary alicyclic amines) is 1. The van der Waals surface area contributed by atoms with Gasteiger partial charge in [0.15, 0.2) is 5.82 Å². The molecule has 2 aromatic rings. The normalized spacial score (nSPS) is 26.4. The maximum atomic E-state index is 12.5. The zero-order chi connectivity index (χ0) is 16.5. The maximum Gasteiger partial charge on any atom is 0.272 e. The van der Waals surface area contributed by atoms with Crippen LogP contribution >= 0.6 is 0 Å². The van der Waals surface area contributed by atoms with Gasteiger partial charge in [-0.15, -0.1) is 0 Å². The highest BCUT2D eigenvalue weighted by atomic mass is 16.5. The Morgan fingerprint density at radius 2 is 2.42 bits per heavy atom. The Hall–Kier alpha value is -2.35. The standard InChI is InChI=1S/C16H20N6O2/c1-10-19-15(21-20-10)6-14-12-3-5-22(7-11(12)8-24-14)16(23)13-2-4-17-9-18-13/h2,4,9,11-12,14H,3,5-8H2,1H3,(H,19,20,21)/t11-,12-,14+/m1/s1. The monoisotopic (exact) mass is 328 g/mol. The van der Waals surface area contributed by atoms with Crippen LogP contribution in [-0.2, 0) is 11.2 Å². The Kier molecular flexibility index (Phi) is 3.97. The number of H-pyrrole nitrogens is 1. The minimum Gasteiger partial charge on any atom is -0.377 e. The fraction of sp³-hybridized carbons (Fsp3) is 0.562. The summed E-state index contributed by atoms with van der Waals surface area (Å²) in [6.07, 6.45) is 4.82. The molecule has 0 unspecified atom stereocenters. The number of hydrogen-bond donors (Lipinski definition) is 1. The van der Waals surface area contributed by atoms with Gasteiger partial charge >= 0.3 is 0 Å². The molecule has 8 nitrogen and oxygen atoms in total. The number of fused-ring (bicyclic) bond motifs is 1. The summed E-state index contributed by atoms with van der Waals surface area (Å²) in [4.78, 5) is 26.7. The number of hydrogen-bond acceptors (Lipinski definition) is 6. The molecule has 8 heteroatoms. The first-order valence-electron chi connectivity index (χ1n) is 8.25. The van der Waals surface area contributed by atoms with E-state index >= 15 is 0 Å². The SMILES string of the molecule is Cc1nc(C[C@@H]2OC[C@H]3CN(C(=O)c4ccncn4)CC[C@H]32)n[nH]1. The summed E-state index contributed by atoms with van der Waals surface area (Å²) >= 11 is 0. The van der Waals surface area contributed by atoms with Crippen LogP contribution in [-0.4, -0.2) is 61.8 Å². The van der Waals surface area contributed by atoms with E-state index in [1.807, 2.05) is 11.8 Å². The molecule has 0 saturated carbocycles. The average Bonchev–Trinajstić information content (AvgIpc) is 3.21. The molecule has 4 rings (SSSR count). The van der Waals surface area contributed by atoms with Crippen molar-refractivity contribution in [2.75, 3.05) is 19.7 Å². The minimum absolute atomic E-state index is 0.0242. The van der Waals surface area contributed by atoms with Crippen LogP contribution in [0.4, 0.5) is 0 Å².